The van der Waals surface area contributed by atoms with Gasteiger partial charge in [0.25, 0.3) is 0 Å². The van der Waals surface area contributed by atoms with Gasteiger partial charge in [0.05, 0.1) is 21.2 Å². The van der Waals surface area contributed by atoms with Crippen LogP contribution in [-0.4, -0.2) is 19.7 Å². The van der Waals surface area contributed by atoms with E-state index in [2.05, 4.69) is 16.8 Å². The van der Waals surface area contributed by atoms with E-state index in [9.17, 15) is 8.42 Å². The number of nitrogens with zero attached hydrogens (tertiary/aromatic N) is 1. The van der Waals surface area contributed by atoms with Gasteiger partial charge in [-0.05, 0) is 24.3 Å². The number of halogens is 1. The number of rotatable bonds is 1. The van der Waals surface area contributed by atoms with Gasteiger partial charge in [0, 0.05) is 24.2 Å². The number of benzene rings is 1. The zero-order chi connectivity index (χ0) is 14.8. The first-order chi connectivity index (χ1) is 9.38. The van der Waals surface area contributed by atoms with Crippen LogP contribution in [0.1, 0.15) is 11.1 Å². The van der Waals surface area contributed by atoms with Crippen LogP contribution in [0.25, 0.3) is 0 Å². The summed E-state index contributed by atoms with van der Waals surface area (Å²) in [5, 5.41) is 0.351. The Morgan fingerprint density at radius 1 is 1.15 bits per heavy atom. The van der Waals surface area contributed by atoms with Gasteiger partial charge in [-0.15, -0.1) is 0 Å². The largest absolute Gasteiger partial charge is 0.396 e. The van der Waals surface area contributed by atoms with E-state index in [0.717, 1.165) is 6.26 Å². The molecule has 0 spiro atoms. The first-order valence-electron chi connectivity index (χ1n) is 5.59. The monoisotopic (exact) mass is 306 g/mol. The summed E-state index contributed by atoms with van der Waals surface area (Å²) in [4.78, 5) is 4.17. The number of anilines is 1. The molecule has 6 heteroatoms. The summed E-state index contributed by atoms with van der Waals surface area (Å²) in [6, 6.07) is 6.30. The molecule has 0 fully saturated rings. The minimum absolute atomic E-state index is 0.256. The molecule has 2 aromatic rings. The molecule has 1 aromatic carbocycles. The highest BCUT2D eigenvalue weighted by atomic mass is 35.5. The van der Waals surface area contributed by atoms with Gasteiger partial charge in [-0.3, -0.25) is 4.98 Å². The minimum atomic E-state index is -3.19. The molecule has 2 rings (SSSR count). The predicted molar refractivity (Wildman–Crippen MR) is 79.2 cm³/mol. The second kappa shape index (κ2) is 5.53. The van der Waals surface area contributed by atoms with Crippen molar-refractivity contribution < 1.29 is 8.42 Å². The van der Waals surface area contributed by atoms with Crippen molar-refractivity contribution >= 4 is 27.1 Å². The second-order valence-electron chi connectivity index (χ2n) is 4.13. The summed E-state index contributed by atoms with van der Waals surface area (Å²) in [5.74, 6) is 5.74. The number of hydrogen-bond acceptors (Lipinski definition) is 4. The Morgan fingerprint density at radius 2 is 1.80 bits per heavy atom. The SMILES string of the molecule is CS(=O)(=O)c1ccc(C#Cc2cncc(Cl)c2N)cc1. The van der Waals surface area contributed by atoms with Crippen molar-refractivity contribution in [3.8, 4) is 11.8 Å². The number of sulfone groups is 1. The van der Waals surface area contributed by atoms with E-state index < -0.39 is 9.84 Å². The lowest BCUT2D eigenvalue weighted by molar-refractivity contribution is 0.602. The Labute approximate surface area is 122 Å². The third kappa shape index (κ3) is 3.29. The Morgan fingerprint density at radius 3 is 2.40 bits per heavy atom. The molecule has 1 heterocycles. The molecule has 0 aliphatic heterocycles. The fraction of sp³-hybridized carbons (Fsp3) is 0.0714. The van der Waals surface area contributed by atoms with Crippen LogP contribution < -0.4 is 5.73 Å². The standard InChI is InChI=1S/C14H11ClN2O2S/c1-20(18,19)12-6-3-10(4-7-12)2-5-11-8-17-9-13(15)14(11)16/h3-4,6-9H,1H3,(H2,16,17). The van der Waals surface area contributed by atoms with Crippen molar-refractivity contribution in [2.45, 2.75) is 4.90 Å². The van der Waals surface area contributed by atoms with Gasteiger partial charge >= 0.3 is 0 Å². The van der Waals surface area contributed by atoms with E-state index in [4.69, 9.17) is 17.3 Å². The van der Waals surface area contributed by atoms with E-state index in [1.54, 1.807) is 12.1 Å². The first-order valence-corrected chi connectivity index (χ1v) is 7.86. The van der Waals surface area contributed by atoms with Crippen LogP contribution in [0, 0.1) is 11.8 Å². The highest BCUT2D eigenvalue weighted by Crippen LogP contribution is 2.20. The van der Waals surface area contributed by atoms with Gasteiger partial charge in [0.15, 0.2) is 9.84 Å². The lowest BCUT2D eigenvalue weighted by Crippen LogP contribution is -1.96. The van der Waals surface area contributed by atoms with Crippen molar-refractivity contribution in [1.82, 2.24) is 4.98 Å². The average Bonchev–Trinajstić information content (AvgIpc) is 2.40. The van der Waals surface area contributed by atoms with Crippen molar-refractivity contribution in [2.75, 3.05) is 12.0 Å². The number of aromatic nitrogens is 1. The van der Waals surface area contributed by atoms with Crippen molar-refractivity contribution in [1.29, 1.82) is 0 Å². The second-order valence-corrected chi connectivity index (χ2v) is 6.55. The summed E-state index contributed by atoms with van der Waals surface area (Å²) < 4.78 is 22.7. The Balaban J connectivity index is 2.32. The highest BCUT2D eigenvalue weighted by Gasteiger charge is 2.05. The van der Waals surface area contributed by atoms with Gasteiger partial charge in [-0.1, -0.05) is 23.4 Å². The lowest BCUT2D eigenvalue weighted by Gasteiger charge is -1.99. The van der Waals surface area contributed by atoms with Crippen LogP contribution in [-0.2, 0) is 9.84 Å². The molecule has 0 saturated heterocycles. The Hall–Kier alpha value is -2.03. The maximum absolute atomic E-state index is 11.3. The fourth-order valence-corrected chi connectivity index (χ4v) is 2.26. The third-order valence-corrected chi connectivity index (χ3v) is 3.99. The summed E-state index contributed by atoms with van der Waals surface area (Å²) in [6.07, 6.45) is 4.13. The van der Waals surface area contributed by atoms with E-state index in [-0.39, 0.29) is 4.90 Å². The topological polar surface area (TPSA) is 73.0 Å². The van der Waals surface area contributed by atoms with Gasteiger partial charge in [-0.25, -0.2) is 8.42 Å². The van der Waals surface area contributed by atoms with E-state index >= 15 is 0 Å². The summed E-state index contributed by atoms with van der Waals surface area (Å²) in [5.41, 5.74) is 7.36. The number of hydrogen-bond donors (Lipinski definition) is 1. The molecule has 102 valence electrons. The molecule has 4 nitrogen and oxygen atoms in total. The molecule has 0 unspecified atom stereocenters. The van der Waals surface area contributed by atoms with Gasteiger partial charge in [-0.2, -0.15) is 0 Å². The molecule has 0 atom stereocenters. The van der Waals surface area contributed by atoms with E-state index in [1.165, 1.54) is 24.5 Å². The predicted octanol–water partition coefficient (Wildman–Crippen LogP) is 2.12. The number of pyridine rings is 1. The maximum atomic E-state index is 11.3. The molecular weight excluding hydrogens is 296 g/mol. The zero-order valence-electron chi connectivity index (χ0n) is 10.6. The molecular formula is C14H11ClN2O2S. The molecule has 0 radical (unpaired) electrons. The zero-order valence-corrected chi connectivity index (χ0v) is 12.2. The average molecular weight is 307 g/mol. The molecule has 0 aliphatic carbocycles. The molecule has 0 aliphatic rings. The Kier molecular flexibility index (Phi) is 3.98. The van der Waals surface area contributed by atoms with Crippen molar-refractivity contribution in [2.24, 2.45) is 0 Å². The van der Waals surface area contributed by atoms with Gasteiger partial charge < -0.3 is 5.73 Å². The van der Waals surface area contributed by atoms with E-state index in [0.29, 0.717) is 21.8 Å². The summed E-state index contributed by atoms with van der Waals surface area (Å²) in [7, 11) is -3.19. The molecule has 2 N–H and O–H groups in total. The first kappa shape index (κ1) is 14.4. The quantitative estimate of drug-likeness (QED) is 0.819. The normalized spacial score (nSPS) is 10.7. The van der Waals surface area contributed by atoms with Crippen LogP contribution in [0.2, 0.25) is 5.02 Å². The third-order valence-electron chi connectivity index (χ3n) is 2.56. The molecule has 0 amide bonds. The molecule has 0 saturated carbocycles. The number of nitrogen functional groups attached to an aromatic ring is 1. The van der Waals surface area contributed by atoms with Crippen LogP contribution >= 0.6 is 11.6 Å². The Bertz CT molecular complexity index is 803. The smallest absolute Gasteiger partial charge is 0.175 e. The van der Waals surface area contributed by atoms with Crippen LogP contribution in [0.5, 0.6) is 0 Å². The highest BCUT2D eigenvalue weighted by molar-refractivity contribution is 7.90. The minimum Gasteiger partial charge on any atom is -0.396 e. The summed E-state index contributed by atoms with van der Waals surface area (Å²) >= 11 is 5.84. The maximum Gasteiger partial charge on any atom is 0.175 e. The van der Waals surface area contributed by atoms with Crippen LogP contribution in [0.3, 0.4) is 0 Å². The van der Waals surface area contributed by atoms with Crippen LogP contribution in [0.4, 0.5) is 5.69 Å². The lowest BCUT2D eigenvalue weighted by atomic mass is 10.2. The molecule has 1 aromatic heterocycles. The summed E-state index contributed by atoms with van der Waals surface area (Å²) in [6.45, 7) is 0. The van der Waals surface area contributed by atoms with Gasteiger partial charge in [0.1, 0.15) is 0 Å². The van der Waals surface area contributed by atoms with Crippen molar-refractivity contribution in [3.63, 3.8) is 0 Å². The van der Waals surface area contributed by atoms with Gasteiger partial charge in [0.2, 0.25) is 0 Å². The van der Waals surface area contributed by atoms with Crippen molar-refractivity contribution in [3.05, 3.63) is 52.8 Å². The fourth-order valence-electron chi connectivity index (χ4n) is 1.47. The molecule has 20 heavy (non-hydrogen) atoms. The number of nitrogens with two attached hydrogens (primary N) is 1. The van der Waals surface area contributed by atoms with Crippen LogP contribution in [0.15, 0.2) is 41.6 Å². The molecule has 0 bridgehead atoms. The van der Waals surface area contributed by atoms with E-state index in [1.807, 2.05) is 0 Å².